The molecule has 26 heavy (non-hydrogen) atoms. The molecule has 0 radical (unpaired) electrons. The summed E-state index contributed by atoms with van der Waals surface area (Å²) in [5.74, 6) is 0.131. The molecule has 0 aromatic heterocycles. The van der Waals surface area contributed by atoms with E-state index in [1.165, 1.54) is 31.1 Å². The molecular weight excluding hydrogens is 337 g/mol. The molecule has 0 heterocycles. The van der Waals surface area contributed by atoms with Gasteiger partial charge in [0.15, 0.2) is 23.9 Å². The third-order valence-corrected chi connectivity index (χ3v) is 4.25. The second kappa shape index (κ2) is 8.47. The summed E-state index contributed by atoms with van der Waals surface area (Å²) < 4.78 is 23.8. The maximum atomic E-state index is 13.0. The minimum atomic E-state index is -0.320. The molecule has 0 unspecified atom stereocenters. The molecule has 0 spiro atoms. The third-order valence-electron chi connectivity index (χ3n) is 4.25. The van der Waals surface area contributed by atoms with Crippen molar-refractivity contribution in [2.45, 2.75) is 19.9 Å². The molecule has 6 heteroatoms. The first-order chi connectivity index (χ1) is 12.3. The molecule has 0 aliphatic rings. The molecular formula is C20H22FNO4. The molecule has 2 rings (SSSR count). The standard InChI is InChI=1S/C20H22FNO4/c1-13(15-5-8-17(21)9-6-15)22(3)20(24)12-26-18-10-7-16(14(2)23)11-19(18)25-4/h5-11,13H,12H2,1-4H3/t13-/m0/s1. The molecule has 1 atom stereocenters. The molecule has 0 N–H and O–H groups in total. The lowest BCUT2D eigenvalue weighted by Crippen LogP contribution is -2.33. The largest absolute Gasteiger partial charge is 0.493 e. The van der Waals surface area contributed by atoms with Gasteiger partial charge in [-0.1, -0.05) is 12.1 Å². The zero-order valence-corrected chi connectivity index (χ0v) is 15.3. The highest BCUT2D eigenvalue weighted by Crippen LogP contribution is 2.28. The molecule has 5 nitrogen and oxygen atoms in total. The van der Waals surface area contributed by atoms with Gasteiger partial charge in [0.2, 0.25) is 0 Å². The van der Waals surface area contributed by atoms with E-state index in [2.05, 4.69) is 0 Å². The molecule has 1 amide bonds. The van der Waals surface area contributed by atoms with Crippen molar-refractivity contribution in [3.05, 3.63) is 59.4 Å². The van der Waals surface area contributed by atoms with E-state index in [1.54, 1.807) is 37.4 Å². The first kappa shape index (κ1) is 19.4. The fraction of sp³-hybridized carbons (Fsp3) is 0.300. The number of methoxy groups -OCH3 is 1. The van der Waals surface area contributed by atoms with Gasteiger partial charge in [-0.25, -0.2) is 4.39 Å². The van der Waals surface area contributed by atoms with Crippen molar-refractivity contribution in [2.24, 2.45) is 0 Å². The van der Waals surface area contributed by atoms with E-state index in [1.807, 2.05) is 6.92 Å². The van der Waals surface area contributed by atoms with Gasteiger partial charge in [-0.15, -0.1) is 0 Å². The van der Waals surface area contributed by atoms with Crippen molar-refractivity contribution in [1.29, 1.82) is 0 Å². The van der Waals surface area contributed by atoms with E-state index in [9.17, 15) is 14.0 Å². The molecule has 138 valence electrons. The van der Waals surface area contributed by atoms with Crippen LogP contribution in [0.1, 0.15) is 35.8 Å². The lowest BCUT2D eigenvalue weighted by Gasteiger charge is -2.25. The second-order valence-electron chi connectivity index (χ2n) is 5.94. The predicted octanol–water partition coefficient (Wildman–Crippen LogP) is 3.64. The number of hydrogen-bond donors (Lipinski definition) is 0. The van der Waals surface area contributed by atoms with Gasteiger partial charge in [0.05, 0.1) is 13.2 Å². The Balaban J connectivity index is 2.03. The summed E-state index contributed by atoms with van der Waals surface area (Å²) in [6.07, 6.45) is 0. The number of carbonyl (C=O) groups excluding carboxylic acids is 2. The molecule has 0 saturated heterocycles. The number of ketones is 1. The van der Waals surface area contributed by atoms with E-state index in [4.69, 9.17) is 9.47 Å². The fourth-order valence-electron chi connectivity index (χ4n) is 2.43. The molecule has 0 aliphatic heterocycles. The van der Waals surface area contributed by atoms with E-state index in [0.717, 1.165) is 5.56 Å². The maximum Gasteiger partial charge on any atom is 0.260 e. The van der Waals surface area contributed by atoms with Gasteiger partial charge in [-0.2, -0.15) is 0 Å². The van der Waals surface area contributed by atoms with Crippen LogP contribution in [0.2, 0.25) is 0 Å². The predicted molar refractivity (Wildman–Crippen MR) is 96.1 cm³/mol. The summed E-state index contributed by atoms with van der Waals surface area (Å²) >= 11 is 0. The Morgan fingerprint density at radius 2 is 1.77 bits per heavy atom. The lowest BCUT2D eigenvalue weighted by molar-refractivity contribution is -0.134. The van der Waals surface area contributed by atoms with Crippen molar-refractivity contribution in [1.82, 2.24) is 4.90 Å². The van der Waals surface area contributed by atoms with Gasteiger partial charge in [-0.3, -0.25) is 9.59 Å². The van der Waals surface area contributed by atoms with Crippen LogP contribution in [-0.2, 0) is 4.79 Å². The Morgan fingerprint density at radius 1 is 1.12 bits per heavy atom. The van der Waals surface area contributed by atoms with Crippen LogP contribution in [0.3, 0.4) is 0 Å². The van der Waals surface area contributed by atoms with E-state index >= 15 is 0 Å². The van der Waals surface area contributed by atoms with Crippen LogP contribution < -0.4 is 9.47 Å². The number of Topliss-reactive ketones (excluding diaryl/α,β-unsaturated/α-hetero) is 1. The average Bonchev–Trinajstić information content (AvgIpc) is 2.65. The lowest BCUT2D eigenvalue weighted by atomic mass is 10.1. The van der Waals surface area contributed by atoms with Crippen LogP contribution in [0.25, 0.3) is 0 Å². The van der Waals surface area contributed by atoms with Crippen LogP contribution in [0.4, 0.5) is 4.39 Å². The van der Waals surface area contributed by atoms with Crippen molar-refractivity contribution in [2.75, 3.05) is 20.8 Å². The molecule has 0 aliphatic carbocycles. The molecule has 0 fully saturated rings. The van der Waals surface area contributed by atoms with Crippen LogP contribution >= 0.6 is 0 Å². The number of halogens is 1. The number of nitrogens with zero attached hydrogens (tertiary/aromatic N) is 1. The van der Waals surface area contributed by atoms with Crippen molar-refractivity contribution >= 4 is 11.7 Å². The van der Waals surface area contributed by atoms with Gasteiger partial charge in [0, 0.05) is 12.6 Å². The first-order valence-corrected chi connectivity index (χ1v) is 8.16. The molecule has 0 saturated carbocycles. The highest BCUT2D eigenvalue weighted by molar-refractivity contribution is 5.94. The van der Waals surface area contributed by atoms with Crippen LogP contribution in [0.5, 0.6) is 11.5 Å². The number of rotatable bonds is 7. The smallest absolute Gasteiger partial charge is 0.260 e. The van der Waals surface area contributed by atoms with E-state index in [0.29, 0.717) is 17.1 Å². The van der Waals surface area contributed by atoms with Gasteiger partial charge >= 0.3 is 0 Å². The third kappa shape index (κ3) is 4.59. The SMILES string of the molecule is COc1cc(C(C)=O)ccc1OCC(=O)N(C)[C@@H](C)c1ccc(F)cc1. The number of benzene rings is 2. The minimum absolute atomic E-state index is 0.0845. The Hall–Kier alpha value is -2.89. The number of hydrogen-bond acceptors (Lipinski definition) is 4. The van der Waals surface area contributed by atoms with Crippen molar-refractivity contribution in [3.63, 3.8) is 0 Å². The highest BCUT2D eigenvalue weighted by atomic mass is 19.1. The topological polar surface area (TPSA) is 55.8 Å². The summed E-state index contributed by atoms with van der Waals surface area (Å²) in [7, 11) is 3.13. The van der Waals surface area contributed by atoms with Gasteiger partial charge in [-0.05, 0) is 49.7 Å². The number of ether oxygens (including phenoxy) is 2. The quantitative estimate of drug-likeness (QED) is 0.709. The van der Waals surface area contributed by atoms with Crippen LogP contribution in [0, 0.1) is 5.82 Å². The second-order valence-corrected chi connectivity index (χ2v) is 5.94. The maximum absolute atomic E-state index is 13.0. The minimum Gasteiger partial charge on any atom is -0.493 e. The van der Waals surface area contributed by atoms with Crippen molar-refractivity contribution < 1.29 is 23.5 Å². The Labute approximate surface area is 152 Å². The van der Waals surface area contributed by atoms with Gasteiger partial charge in [0.1, 0.15) is 5.82 Å². The van der Waals surface area contributed by atoms with Crippen LogP contribution in [0.15, 0.2) is 42.5 Å². The molecule has 2 aromatic carbocycles. The van der Waals surface area contributed by atoms with Crippen molar-refractivity contribution in [3.8, 4) is 11.5 Å². The van der Waals surface area contributed by atoms with E-state index < -0.39 is 0 Å². The van der Waals surface area contributed by atoms with Crippen LogP contribution in [-0.4, -0.2) is 37.4 Å². The Bertz CT molecular complexity index is 789. The number of likely N-dealkylation sites (N-methyl/N-ethyl adjacent to an activating group) is 1. The summed E-state index contributed by atoms with van der Waals surface area (Å²) in [5, 5.41) is 0. The van der Waals surface area contributed by atoms with E-state index in [-0.39, 0.29) is 30.2 Å². The number of amides is 1. The summed E-state index contributed by atoms with van der Waals surface area (Å²) in [4.78, 5) is 25.4. The Morgan fingerprint density at radius 3 is 2.35 bits per heavy atom. The zero-order valence-electron chi connectivity index (χ0n) is 15.3. The fourth-order valence-corrected chi connectivity index (χ4v) is 2.43. The molecule has 0 bridgehead atoms. The highest BCUT2D eigenvalue weighted by Gasteiger charge is 2.19. The Kier molecular flexibility index (Phi) is 6.33. The van der Waals surface area contributed by atoms with Gasteiger partial charge < -0.3 is 14.4 Å². The monoisotopic (exact) mass is 359 g/mol. The summed E-state index contributed by atoms with van der Waals surface area (Å²) in [5.41, 5.74) is 1.33. The summed E-state index contributed by atoms with van der Waals surface area (Å²) in [6, 6.07) is 10.6. The average molecular weight is 359 g/mol. The number of carbonyl (C=O) groups is 2. The first-order valence-electron chi connectivity index (χ1n) is 8.16. The summed E-state index contributed by atoms with van der Waals surface area (Å²) in [6.45, 7) is 3.13. The zero-order chi connectivity index (χ0) is 19.3. The molecule has 2 aromatic rings. The normalized spacial score (nSPS) is 11.6. The van der Waals surface area contributed by atoms with Gasteiger partial charge in [0.25, 0.3) is 5.91 Å².